The van der Waals surface area contributed by atoms with E-state index in [1.54, 1.807) is 12.1 Å². The Kier molecular flexibility index (Phi) is 4.70. The molecule has 2 saturated carbocycles. The first-order chi connectivity index (χ1) is 9.43. The maximum Gasteiger partial charge on any atom is 0.123 e. The summed E-state index contributed by atoms with van der Waals surface area (Å²) >= 11 is 0. The Bertz CT molecular complexity index is 484. The van der Waals surface area contributed by atoms with Gasteiger partial charge in [0.05, 0.1) is 0 Å². The fourth-order valence-electron chi connectivity index (χ4n) is 4.55. The second-order valence-corrected chi connectivity index (χ2v) is 7.49. The number of halogens is 2. The molecule has 21 heavy (non-hydrogen) atoms. The summed E-state index contributed by atoms with van der Waals surface area (Å²) in [6, 6.07) is 7.54. The average Bonchev–Trinajstić information content (AvgIpc) is 2.74. The van der Waals surface area contributed by atoms with Crippen molar-refractivity contribution in [2.75, 3.05) is 6.54 Å². The van der Waals surface area contributed by atoms with E-state index < -0.39 is 0 Å². The Balaban J connectivity index is 0.00000161. The Morgan fingerprint density at radius 3 is 2.38 bits per heavy atom. The summed E-state index contributed by atoms with van der Waals surface area (Å²) in [5.74, 6) is 0.736. The summed E-state index contributed by atoms with van der Waals surface area (Å²) < 4.78 is 12.9. The zero-order valence-electron chi connectivity index (χ0n) is 13.3. The molecule has 1 aromatic carbocycles. The van der Waals surface area contributed by atoms with Crippen molar-refractivity contribution in [2.24, 2.45) is 16.7 Å². The number of hydrogen-bond donors (Lipinski definition) is 1. The zero-order valence-corrected chi connectivity index (χ0v) is 14.1. The highest BCUT2D eigenvalue weighted by Gasteiger charge is 2.60. The molecule has 3 heteroatoms. The monoisotopic (exact) mass is 311 g/mol. The van der Waals surface area contributed by atoms with Crippen LogP contribution in [0, 0.1) is 22.6 Å². The van der Waals surface area contributed by atoms with Crippen molar-refractivity contribution in [1.29, 1.82) is 0 Å². The second-order valence-electron chi connectivity index (χ2n) is 7.49. The van der Waals surface area contributed by atoms with Gasteiger partial charge in [-0.2, -0.15) is 0 Å². The van der Waals surface area contributed by atoms with Gasteiger partial charge in [0.1, 0.15) is 5.82 Å². The SMILES string of the molecule is CC1(C)[C@H]2CC[C@]1(C)[C@H](NCCc1ccc(F)cc1)C2.Cl. The van der Waals surface area contributed by atoms with Crippen molar-refractivity contribution in [2.45, 2.75) is 52.5 Å². The van der Waals surface area contributed by atoms with Crippen LogP contribution in [0.2, 0.25) is 0 Å². The average molecular weight is 312 g/mol. The van der Waals surface area contributed by atoms with Crippen molar-refractivity contribution in [3.8, 4) is 0 Å². The largest absolute Gasteiger partial charge is 0.313 e. The summed E-state index contributed by atoms with van der Waals surface area (Å²) in [6.07, 6.45) is 5.07. The highest BCUT2D eigenvalue weighted by atomic mass is 35.5. The normalized spacial score (nSPS) is 33.0. The third-order valence-corrected chi connectivity index (χ3v) is 6.51. The van der Waals surface area contributed by atoms with E-state index >= 15 is 0 Å². The number of rotatable bonds is 4. The number of nitrogens with one attached hydrogen (secondary N) is 1. The van der Waals surface area contributed by atoms with Gasteiger partial charge >= 0.3 is 0 Å². The van der Waals surface area contributed by atoms with Crippen molar-refractivity contribution >= 4 is 12.4 Å². The van der Waals surface area contributed by atoms with Crippen LogP contribution in [0.1, 0.15) is 45.6 Å². The van der Waals surface area contributed by atoms with E-state index in [9.17, 15) is 4.39 Å². The molecule has 0 saturated heterocycles. The van der Waals surface area contributed by atoms with Gasteiger partial charge in [0.15, 0.2) is 0 Å². The topological polar surface area (TPSA) is 12.0 Å². The highest BCUT2D eigenvalue weighted by molar-refractivity contribution is 5.85. The van der Waals surface area contributed by atoms with Crippen molar-refractivity contribution in [3.05, 3.63) is 35.6 Å². The van der Waals surface area contributed by atoms with Crippen LogP contribution in [0.3, 0.4) is 0 Å². The Morgan fingerprint density at radius 2 is 1.86 bits per heavy atom. The summed E-state index contributed by atoms with van der Waals surface area (Å²) in [7, 11) is 0. The molecule has 0 unspecified atom stereocenters. The van der Waals surface area contributed by atoms with Crippen LogP contribution in [-0.4, -0.2) is 12.6 Å². The third kappa shape index (κ3) is 2.73. The molecule has 1 aromatic rings. The molecule has 2 bridgehead atoms. The van der Waals surface area contributed by atoms with Gasteiger partial charge in [-0.25, -0.2) is 4.39 Å². The molecule has 0 radical (unpaired) electrons. The number of benzene rings is 1. The van der Waals surface area contributed by atoms with Crippen molar-refractivity contribution < 1.29 is 4.39 Å². The first-order valence-electron chi connectivity index (χ1n) is 7.91. The van der Waals surface area contributed by atoms with Gasteiger partial charge in [-0.15, -0.1) is 12.4 Å². The van der Waals surface area contributed by atoms with Crippen LogP contribution in [0.4, 0.5) is 4.39 Å². The second kappa shape index (κ2) is 5.89. The molecule has 0 spiro atoms. The summed E-state index contributed by atoms with van der Waals surface area (Å²) in [6.45, 7) is 8.36. The molecule has 3 rings (SSSR count). The van der Waals surface area contributed by atoms with Crippen LogP contribution in [-0.2, 0) is 6.42 Å². The maximum absolute atomic E-state index is 12.9. The van der Waals surface area contributed by atoms with Crippen molar-refractivity contribution in [1.82, 2.24) is 5.32 Å². The van der Waals surface area contributed by atoms with Crippen LogP contribution >= 0.6 is 12.4 Å². The lowest BCUT2D eigenvalue weighted by Crippen LogP contribution is -2.45. The molecule has 0 aliphatic heterocycles. The van der Waals surface area contributed by atoms with Gasteiger partial charge in [0.2, 0.25) is 0 Å². The minimum Gasteiger partial charge on any atom is -0.313 e. The molecular formula is C18H27ClFN. The fourth-order valence-corrected chi connectivity index (χ4v) is 4.55. The predicted octanol–water partition coefficient (Wildman–Crippen LogP) is 4.59. The van der Waals surface area contributed by atoms with E-state index in [1.807, 2.05) is 12.1 Å². The molecule has 0 heterocycles. The quantitative estimate of drug-likeness (QED) is 0.857. The summed E-state index contributed by atoms with van der Waals surface area (Å²) in [5.41, 5.74) is 2.13. The van der Waals surface area contributed by atoms with E-state index in [0.717, 1.165) is 18.9 Å². The molecule has 3 atom stereocenters. The number of hydrogen-bond acceptors (Lipinski definition) is 1. The van der Waals surface area contributed by atoms with E-state index in [-0.39, 0.29) is 18.2 Å². The standard InChI is InChI=1S/C18H26FN.ClH/c1-17(2)14-8-10-18(17,3)16(12-14)20-11-9-13-4-6-15(19)7-5-13;/h4-7,14,16,20H,8-12H2,1-3H3;1H/t14-,16+,18+;/m0./s1. The summed E-state index contributed by atoms with van der Waals surface area (Å²) in [4.78, 5) is 0. The van der Waals surface area contributed by atoms with Gasteiger partial charge < -0.3 is 5.32 Å². The smallest absolute Gasteiger partial charge is 0.123 e. The molecule has 2 fully saturated rings. The van der Waals surface area contributed by atoms with Crippen LogP contribution in [0.25, 0.3) is 0 Å². The van der Waals surface area contributed by atoms with Crippen molar-refractivity contribution in [3.63, 3.8) is 0 Å². The lowest BCUT2D eigenvalue weighted by Gasteiger charge is -2.39. The Labute approximate surface area is 134 Å². The predicted molar refractivity (Wildman–Crippen MR) is 88.4 cm³/mol. The van der Waals surface area contributed by atoms with E-state index in [1.165, 1.54) is 24.8 Å². The van der Waals surface area contributed by atoms with Gasteiger partial charge in [0.25, 0.3) is 0 Å². The van der Waals surface area contributed by atoms with Gasteiger partial charge in [-0.1, -0.05) is 32.9 Å². The first kappa shape index (κ1) is 16.8. The van der Waals surface area contributed by atoms with E-state index in [0.29, 0.717) is 16.9 Å². The molecule has 1 nitrogen and oxygen atoms in total. The molecule has 0 amide bonds. The minimum absolute atomic E-state index is 0. The summed E-state index contributed by atoms with van der Waals surface area (Å²) in [5, 5.41) is 3.78. The molecule has 2 aliphatic rings. The van der Waals surface area contributed by atoms with Crippen LogP contribution in [0.5, 0.6) is 0 Å². The van der Waals surface area contributed by atoms with Crippen LogP contribution < -0.4 is 5.32 Å². The molecule has 2 aliphatic carbocycles. The Hall–Kier alpha value is -0.600. The third-order valence-electron chi connectivity index (χ3n) is 6.51. The lowest BCUT2D eigenvalue weighted by atomic mass is 9.69. The Morgan fingerprint density at radius 1 is 1.19 bits per heavy atom. The molecule has 118 valence electrons. The van der Waals surface area contributed by atoms with Crippen LogP contribution in [0.15, 0.2) is 24.3 Å². The van der Waals surface area contributed by atoms with Gasteiger partial charge in [-0.3, -0.25) is 0 Å². The highest BCUT2D eigenvalue weighted by Crippen LogP contribution is 2.65. The minimum atomic E-state index is -0.149. The molecule has 0 aromatic heterocycles. The molecule has 1 N–H and O–H groups in total. The lowest BCUT2D eigenvalue weighted by molar-refractivity contribution is 0.121. The van der Waals surface area contributed by atoms with E-state index in [4.69, 9.17) is 0 Å². The van der Waals surface area contributed by atoms with Gasteiger partial charge in [-0.05, 0) is 66.7 Å². The maximum atomic E-state index is 12.9. The molecular weight excluding hydrogens is 285 g/mol. The fraction of sp³-hybridized carbons (Fsp3) is 0.667. The van der Waals surface area contributed by atoms with Gasteiger partial charge in [0, 0.05) is 6.04 Å². The van der Waals surface area contributed by atoms with E-state index in [2.05, 4.69) is 26.1 Å². The number of fused-ring (bicyclic) bond motifs is 2. The zero-order chi connectivity index (χ0) is 14.4. The first-order valence-corrected chi connectivity index (χ1v) is 7.91.